The number of ether oxygens (including phenoxy) is 1. The van der Waals surface area contributed by atoms with Gasteiger partial charge in [-0.2, -0.15) is 0 Å². The van der Waals surface area contributed by atoms with Crippen LogP contribution in [0.4, 0.5) is 8.78 Å². The van der Waals surface area contributed by atoms with Crippen LogP contribution in [0.15, 0.2) is 42.5 Å². The molecule has 1 atom stereocenters. The van der Waals surface area contributed by atoms with Crippen molar-refractivity contribution in [2.45, 2.75) is 12.6 Å². The molecule has 22 heavy (non-hydrogen) atoms. The number of nitrogens with zero attached hydrogens (tertiary/aromatic N) is 1. The van der Waals surface area contributed by atoms with Crippen molar-refractivity contribution in [3.8, 4) is 5.75 Å². The van der Waals surface area contributed by atoms with E-state index in [1.54, 1.807) is 31.2 Å². The lowest BCUT2D eigenvalue weighted by molar-refractivity contribution is 0.141. The number of aliphatic hydroxyl groups excluding tert-OH is 1. The van der Waals surface area contributed by atoms with Crippen LogP contribution in [0.2, 0.25) is 0 Å². The van der Waals surface area contributed by atoms with Crippen LogP contribution in [0.3, 0.4) is 0 Å². The quantitative estimate of drug-likeness (QED) is 0.890. The average Bonchev–Trinajstić information content (AvgIpc) is 2.53. The highest BCUT2D eigenvalue weighted by atomic mass is 19.2. The third kappa shape index (κ3) is 3.61. The molecule has 2 aromatic carbocycles. The van der Waals surface area contributed by atoms with Crippen molar-refractivity contribution < 1.29 is 18.6 Å². The summed E-state index contributed by atoms with van der Waals surface area (Å²) in [5, 5.41) is 9.64. The van der Waals surface area contributed by atoms with E-state index in [2.05, 4.69) is 0 Å². The zero-order valence-corrected chi connectivity index (χ0v) is 12.6. The number of methoxy groups -OCH3 is 1. The summed E-state index contributed by atoms with van der Waals surface area (Å²) >= 11 is 0. The fourth-order valence-electron chi connectivity index (χ4n) is 2.37. The van der Waals surface area contributed by atoms with Crippen LogP contribution < -0.4 is 4.74 Å². The van der Waals surface area contributed by atoms with Crippen LogP contribution >= 0.6 is 0 Å². The van der Waals surface area contributed by atoms with E-state index in [1.165, 1.54) is 12.1 Å². The largest absolute Gasteiger partial charge is 0.497 e. The molecule has 5 heteroatoms. The molecule has 0 radical (unpaired) electrons. The lowest BCUT2D eigenvalue weighted by atomic mass is 10.1. The Morgan fingerprint density at radius 1 is 1.14 bits per heavy atom. The first-order valence-corrected chi connectivity index (χ1v) is 6.94. The molecule has 0 spiro atoms. The Hall–Kier alpha value is -1.98. The Kier molecular flexibility index (Phi) is 5.46. The number of hydrogen-bond acceptors (Lipinski definition) is 3. The predicted molar refractivity (Wildman–Crippen MR) is 80.6 cm³/mol. The third-order valence-corrected chi connectivity index (χ3v) is 3.66. The number of rotatable bonds is 6. The summed E-state index contributed by atoms with van der Waals surface area (Å²) in [5.41, 5.74) is 1.14. The van der Waals surface area contributed by atoms with Gasteiger partial charge >= 0.3 is 0 Å². The first kappa shape index (κ1) is 16.4. The Morgan fingerprint density at radius 3 is 2.41 bits per heavy atom. The van der Waals surface area contributed by atoms with Gasteiger partial charge in [0.2, 0.25) is 0 Å². The van der Waals surface area contributed by atoms with Gasteiger partial charge in [0.05, 0.1) is 19.8 Å². The van der Waals surface area contributed by atoms with Crippen molar-refractivity contribution in [2.24, 2.45) is 0 Å². The molecular formula is C17H19F2NO2. The molecule has 118 valence electrons. The maximum absolute atomic E-state index is 13.7. The van der Waals surface area contributed by atoms with Crippen molar-refractivity contribution in [1.82, 2.24) is 4.90 Å². The minimum Gasteiger partial charge on any atom is -0.497 e. The van der Waals surface area contributed by atoms with Gasteiger partial charge in [-0.05, 0) is 30.8 Å². The second-order valence-electron chi connectivity index (χ2n) is 5.10. The number of benzene rings is 2. The molecule has 0 aliphatic carbocycles. The second kappa shape index (κ2) is 7.33. The smallest absolute Gasteiger partial charge is 0.163 e. The molecule has 1 unspecified atom stereocenters. The van der Waals surface area contributed by atoms with Gasteiger partial charge in [0.1, 0.15) is 5.75 Å². The molecule has 3 nitrogen and oxygen atoms in total. The normalized spacial score (nSPS) is 12.5. The van der Waals surface area contributed by atoms with Crippen LogP contribution in [0.5, 0.6) is 5.75 Å². The molecule has 2 rings (SSSR count). The lowest BCUT2D eigenvalue weighted by Crippen LogP contribution is -2.27. The molecular weight excluding hydrogens is 288 g/mol. The van der Waals surface area contributed by atoms with Gasteiger partial charge < -0.3 is 9.84 Å². The Bertz CT molecular complexity index is 617. The summed E-state index contributed by atoms with van der Waals surface area (Å²) < 4.78 is 32.1. The molecule has 0 saturated carbocycles. The summed E-state index contributed by atoms with van der Waals surface area (Å²) in [5.74, 6) is -0.990. The monoisotopic (exact) mass is 307 g/mol. The van der Waals surface area contributed by atoms with Crippen LogP contribution in [0.1, 0.15) is 17.2 Å². The highest BCUT2D eigenvalue weighted by molar-refractivity contribution is 5.29. The average molecular weight is 307 g/mol. The van der Waals surface area contributed by atoms with Gasteiger partial charge in [0.25, 0.3) is 0 Å². The van der Waals surface area contributed by atoms with Crippen molar-refractivity contribution in [3.05, 3.63) is 65.2 Å². The van der Waals surface area contributed by atoms with E-state index in [9.17, 15) is 13.9 Å². The van der Waals surface area contributed by atoms with Gasteiger partial charge in [0.15, 0.2) is 11.6 Å². The minimum absolute atomic E-state index is 0.125. The zero-order chi connectivity index (χ0) is 16.1. The first-order valence-electron chi connectivity index (χ1n) is 6.94. The summed E-state index contributed by atoms with van der Waals surface area (Å²) in [4.78, 5) is 1.78. The molecule has 0 aromatic heterocycles. The molecule has 0 fully saturated rings. The molecule has 0 amide bonds. The maximum Gasteiger partial charge on any atom is 0.163 e. The fraction of sp³-hybridized carbons (Fsp3) is 0.294. The van der Waals surface area contributed by atoms with Gasteiger partial charge in [-0.1, -0.05) is 24.3 Å². The van der Waals surface area contributed by atoms with Crippen molar-refractivity contribution in [1.29, 1.82) is 0 Å². The van der Waals surface area contributed by atoms with Crippen molar-refractivity contribution >= 4 is 0 Å². The fourth-order valence-corrected chi connectivity index (χ4v) is 2.37. The lowest BCUT2D eigenvalue weighted by Gasteiger charge is -2.27. The van der Waals surface area contributed by atoms with Crippen LogP contribution in [0, 0.1) is 11.6 Å². The van der Waals surface area contributed by atoms with E-state index in [4.69, 9.17) is 4.74 Å². The Morgan fingerprint density at radius 2 is 1.82 bits per heavy atom. The van der Waals surface area contributed by atoms with Gasteiger partial charge in [0, 0.05) is 12.1 Å². The number of halogens is 2. The maximum atomic E-state index is 13.7. The summed E-state index contributed by atoms with van der Waals surface area (Å²) in [6.45, 7) is 0.0701. The van der Waals surface area contributed by atoms with E-state index in [0.29, 0.717) is 0 Å². The zero-order valence-electron chi connectivity index (χ0n) is 12.6. The van der Waals surface area contributed by atoms with Crippen molar-refractivity contribution in [2.75, 3.05) is 20.8 Å². The van der Waals surface area contributed by atoms with E-state index in [0.717, 1.165) is 17.4 Å². The summed E-state index contributed by atoms with van der Waals surface area (Å²) in [6, 6.07) is 11.1. The van der Waals surface area contributed by atoms with E-state index in [1.807, 2.05) is 12.1 Å². The highest BCUT2D eigenvalue weighted by Crippen LogP contribution is 2.24. The number of hydrogen-bond donors (Lipinski definition) is 1. The molecule has 0 heterocycles. The topological polar surface area (TPSA) is 32.7 Å². The van der Waals surface area contributed by atoms with E-state index >= 15 is 0 Å². The van der Waals surface area contributed by atoms with Crippen molar-refractivity contribution in [3.63, 3.8) is 0 Å². The third-order valence-electron chi connectivity index (χ3n) is 3.66. The Balaban J connectivity index is 2.17. The first-order chi connectivity index (χ1) is 10.6. The number of likely N-dealkylation sites (N-methyl/N-ethyl adjacent to an activating group) is 1. The van der Waals surface area contributed by atoms with E-state index < -0.39 is 11.6 Å². The van der Waals surface area contributed by atoms with Gasteiger partial charge in [-0.15, -0.1) is 0 Å². The molecule has 1 N–H and O–H groups in total. The Labute approximate surface area is 128 Å². The van der Waals surface area contributed by atoms with Gasteiger partial charge in [-0.25, -0.2) is 8.78 Å². The summed E-state index contributed by atoms with van der Waals surface area (Å²) in [7, 11) is 3.34. The summed E-state index contributed by atoms with van der Waals surface area (Å²) in [6.07, 6.45) is 0. The molecule has 0 aliphatic rings. The van der Waals surface area contributed by atoms with Gasteiger partial charge in [-0.3, -0.25) is 4.90 Å². The number of aliphatic hydroxyl groups is 1. The molecule has 0 bridgehead atoms. The molecule has 2 aromatic rings. The highest BCUT2D eigenvalue weighted by Gasteiger charge is 2.18. The molecule has 0 saturated heterocycles. The minimum atomic E-state index is -0.865. The SMILES string of the molecule is COc1ccc(C(CO)N(C)Cc2cccc(F)c2F)cc1. The standard InChI is InChI=1S/C17H19F2NO2/c1-20(10-13-4-3-5-15(18)17(13)19)16(11-21)12-6-8-14(22-2)9-7-12/h3-9,16,21H,10-11H2,1-2H3. The predicted octanol–water partition coefficient (Wildman–Crippen LogP) is 3.14. The van der Waals surface area contributed by atoms with Crippen LogP contribution in [-0.4, -0.2) is 30.8 Å². The van der Waals surface area contributed by atoms with Crippen LogP contribution in [0.25, 0.3) is 0 Å². The van der Waals surface area contributed by atoms with Crippen LogP contribution in [-0.2, 0) is 6.54 Å². The molecule has 0 aliphatic heterocycles. The second-order valence-corrected chi connectivity index (χ2v) is 5.10. The van der Waals surface area contributed by atoms with E-state index in [-0.39, 0.29) is 24.8 Å².